The number of amides is 2. The number of carboxylic acid groups (broad SMARTS) is 1. The molecule has 0 aromatic rings. The van der Waals surface area contributed by atoms with Crippen LogP contribution < -0.4 is 10.6 Å². The number of urea groups is 1. The molecule has 0 radical (unpaired) electrons. The summed E-state index contributed by atoms with van der Waals surface area (Å²) < 4.78 is 5.22. The predicted molar refractivity (Wildman–Crippen MR) is 66.4 cm³/mol. The van der Waals surface area contributed by atoms with Gasteiger partial charge in [-0.15, -0.1) is 0 Å². The molecule has 0 saturated heterocycles. The highest BCUT2D eigenvalue weighted by Crippen LogP contribution is 2.21. The number of rotatable bonds is 6. The molecule has 0 heterocycles. The summed E-state index contributed by atoms with van der Waals surface area (Å²) >= 11 is 0. The van der Waals surface area contributed by atoms with E-state index < -0.39 is 18.0 Å². The molecule has 2 unspecified atom stereocenters. The third-order valence-corrected chi connectivity index (χ3v) is 3.23. The standard InChI is InChI=1S/C12H22N2O4/c1-3-4-10(11(15)16)14-12(17)13-8-5-6-9(7-8)18-2/h8-10H,3-7H2,1-2H3,(H,15,16)(H2,13,14,17)/t8?,9?,10-/m1/s1. The SMILES string of the molecule is CCC[C@@H](NC(=O)NC1CCC(OC)C1)C(=O)O. The summed E-state index contributed by atoms with van der Waals surface area (Å²) in [5.74, 6) is -0.992. The molecule has 1 aliphatic carbocycles. The third kappa shape index (κ3) is 4.52. The van der Waals surface area contributed by atoms with Crippen molar-refractivity contribution in [2.45, 2.75) is 57.2 Å². The Morgan fingerprint density at radius 1 is 1.44 bits per heavy atom. The Hall–Kier alpha value is -1.30. The Morgan fingerprint density at radius 3 is 2.67 bits per heavy atom. The zero-order valence-corrected chi connectivity index (χ0v) is 10.9. The molecule has 1 aliphatic rings. The number of carbonyl (C=O) groups excluding carboxylic acids is 1. The molecule has 0 bridgehead atoms. The normalized spacial score (nSPS) is 24.6. The Balaban J connectivity index is 2.34. The van der Waals surface area contributed by atoms with E-state index in [0.717, 1.165) is 19.3 Å². The van der Waals surface area contributed by atoms with Crippen LogP contribution in [0.5, 0.6) is 0 Å². The van der Waals surface area contributed by atoms with Crippen molar-refractivity contribution in [3.63, 3.8) is 0 Å². The topological polar surface area (TPSA) is 87.7 Å². The van der Waals surface area contributed by atoms with Crippen molar-refractivity contribution in [1.29, 1.82) is 0 Å². The Kier molecular flexibility index (Phi) is 5.91. The molecule has 104 valence electrons. The average molecular weight is 258 g/mol. The summed E-state index contributed by atoms with van der Waals surface area (Å²) in [6, 6.07) is -1.14. The second kappa shape index (κ2) is 7.20. The van der Waals surface area contributed by atoms with Crippen molar-refractivity contribution in [2.24, 2.45) is 0 Å². The van der Waals surface area contributed by atoms with E-state index in [1.807, 2.05) is 6.92 Å². The van der Waals surface area contributed by atoms with Gasteiger partial charge in [0, 0.05) is 13.2 Å². The highest BCUT2D eigenvalue weighted by Gasteiger charge is 2.27. The maximum absolute atomic E-state index is 11.7. The molecule has 1 rings (SSSR count). The molecule has 18 heavy (non-hydrogen) atoms. The number of hydrogen-bond donors (Lipinski definition) is 3. The number of carbonyl (C=O) groups is 2. The molecule has 1 saturated carbocycles. The van der Waals surface area contributed by atoms with Crippen molar-refractivity contribution in [1.82, 2.24) is 10.6 Å². The first-order valence-corrected chi connectivity index (χ1v) is 6.39. The van der Waals surface area contributed by atoms with E-state index in [1.54, 1.807) is 7.11 Å². The molecule has 0 aromatic carbocycles. The summed E-state index contributed by atoms with van der Waals surface area (Å²) in [6.45, 7) is 1.88. The van der Waals surface area contributed by atoms with Crippen LogP contribution in [0.25, 0.3) is 0 Å². The van der Waals surface area contributed by atoms with E-state index in [0.29, 0.717) is 12.8 Å². The van der Waals surface area contributed by atoms with Crippen LogP contribution in [0, 0.1) is 0 Å². The van der Waals surface area contributed by atoms with E-state index in [1.165, 1.54) is 0 Å². The lowest BCUT2D eigenvalue weighted by Crippen LogP contribution is -2.48. The smallest absolute Gasteiger partial charge is 0.326 e. The lowest BCUT2D eigenvalue weighted by molar-refractivity contribution is -0.139. The second-order valence-electron chi connectivity index (χ2n) is 4.66. The monoisotopic (exact) mass is 258 g/mol. The second-order valence-corrected chi connectivity index (χ2v) is 4.66. The van der Waals surface area contributed by atoms with Gasteiger partial charge in [0.15, 0.2) is 0 Å². The number of aliphatic carboxylic acids is 1. The van der Waals surface area contributed by atoms with Crippen LogP contribution in [-0.4, -0.2) is 42.4 Å². The van der Waals surface area contributed by atoms with Gasteiger partial charge < -0.3 is 20.5 Å². The quantitative estimate of drug-likeness (QED) is 0.666. The minimum atomic E-state index is -0.992. The summed E-state index contributed by atoms with van der Waals surface area (Å²) in [4.78, 5) is 22.6. The summed E-state index contributed by atoms with van der Waals surface area (Å²) in [7, 11) is 1.66. The summed E-state index contributed by atoms with van der Waals surface area (Å²) in [5, 5.41) is 14.2. The van der Waals surface area contributed by atoms with Gasteiger partial charge in [0.25, 0.3) is 0 Å². The minimum absolute atomic E-state index is 0.0750. The maximum atomic E-state index is 11.7. The molecular formula is C12H22N2O4. The van der Waals surface area contributed by atoms with Gasteiger partial charge in [-0.25, -0.2) is 9.59 Å². The van der Waals surface area contributed by atoms with E-state index >= 15 is 0 Å². The highest BCUT2D eigenvalue weighted by molar-refractivity contribution is 5.82. The fourth-order valence-corrected chi connectivity index (χ4v) is 2.22. The zero-order chi connectivity index (χ0) is 13.5. The predicted octanol–water partition coefficient (Wildman–Crippen LogP) is 1.11. The molecule has 6 heteroatoms. The average Bonchev–Trinajstić information content (AvgIpc) is 2.76. The number of ether oxygens (including phenoxy) is 1. The van der Waals surface area contributed by atoms with Gasteiger partial charge in [-0.05, 0) is 25.7 Å². The minimum Gasteiger partial charge on any atom is -0.480 e. The Labute approximate surface area is 107 Å². The van der Waals surface area contributed by atoms with E-state index in [4.69, 9.17) is 9.84 Å². The Bertz CT molecular complexity index is 296. The van der Waals surface area contributed by atoms with Crippen molar-refractivity contribution in [3.8, 4) is 0 Å². The Morgan fingerprint density at radius 2 is 2.17 bits per heavy atom. The van der Waals surface area contributed by atoms with Gasteiger partial charge in [-0.2, -0.15) is 0 Å². The molecule has 0 aromatic heterocycles. The first kappa shape index (κ1) is 14.8. The number of methoxy groups -OCH3 is 1. The zero-order valence-electron chi connectivity index (χ0n) is 10.9. The van der Waals surface area contributed by atoms with Gasteiger partial charge in [0.2, 0.25) is 0 Å². The van der Waals surface area contributed by atoms with Gasteiger partial charge in [0.1, 0.15) is 6.04 Å². The van der Waals surface area contributed by atoms with Crippen LogP contribution in [0.4, 0.5) is 4.79 Å². The fraction of sp³-hybridized carbons (Fsp3) is 0.833. The van der Waals surface area contributed by atoms with Gasteiger partial charge in [-0.1, -0.05) is 13.3 Å². The molecule has 0 aliphatic heterocycles. The number of carboxylic acids is 1. The largest absolute Gasteiger partial charge is 0.480 e. The maximum Gasteiger partial charge on any atom is 0.326 e. The van der Waals surface area contributed by atoms with Crippen molar-refractivity contribution in [2.75, 3.05) is 7.11 Å². The molecule has 3 N–H and O–H groups in total. The van der Waals surface area contributed by atoms with E-state index in [9.17, 15) is 9.59 Å². The molecular weight excluding hydrogens is 236 g/mol. The first-order valence-electron chi connectivity index (χ1n) is 6.39. The lowest BCUT2D eigenvalue weighted by atomic mass is 10.2. The molecule has 2 amide bonds. The van der Waals surface area contributed by atoms with E-state index in [2.05, 4.69) is 10.6 Å². The summed E-state index contributed by atoms with van der Waals surface area (Å²) in [6.07, 6.45) is 3.94. The van der Waals surface area contributed by atoms with Gasteiger partial charge in [0.05, 0.1) is 6.10 Å². The van der Waals surface area contributed by atoms with Gasteiger partial charge in [-0.3, -0.25) is 0 Å². The van der Waals surface area contributed by atoms with Gasteiger partial charge >= 0.3 is 12.0 Å². The molecule has 0 spiro atoms. The number of hydrogen-bond acceptors (Lipinski definition) is 3. The lowest BCUT2D eigenvalue weighted by Gasteiger charge is -2.17. The highest BCUT2D eigenvalue weighted by atomic mass is 16.5. The van der Waals surface area contributed by atoms with Crippen LogP contribution in [0.3, 0.4) is 0 Å². The fourth-order valence-electron chi connectivity index (χ4n) is 2.22. The van der Waals surface area contributed by atoms with Crippen LogP contribution in [-0.2, 0) is 9.53 Å². The van der Waals surface area contributed by atoms with Crippen LogP contribution in [0.1, 0.15) is 39.0 Å². The van der Waals surface area contributed by atoms with Crippen LogP contribution in [0.15, 0.2) is 0 Å². The summed E-state index contributed by atoms with van der Waals surface area (Å²) in [5.41, 5.74) is 0. The van der Waals surface area contributed by atoms with Crippen LogP contribution >= 0.6 is 0 Å². The van der Waals surface area contributed by atoms with Crippen molar-refractivity contribution < 1.29 is 19.4 Å². The molecule has 6 nitrogen and oxygen atoms in total. The molecule has 1 fully saturated rings. The third-order valence-electron chi connectivity index (χ3n) is 3.23. The van der Waals surface area contributed by atoms with E-state index in [-0.39, 0.29) is 12.1 Å². The van der Waals surface area contributed by atoms with Crippen LogP contribution in [0.2, 0.25) is 0 Å². The molecule has 3 atom stereocenters. The van der Waals surface area contributed by atoms with Crippen molar-refractivity contribution in [3.05, 3.63) is 0 Å². The first-order chi connectivity index (χ1) is 8.56. The number of nitrogens with one attached hydrogen (secondary N) is 2. The van der Waals surface area contributed by atoms with Crippen molar-refractivity contribution >= 4 is 12.0 Å².